The van der Waals surface area contributed by atoms with Gasteiger partial charge < -0.3 is 11.1 Å². The second-order valence-electron chi connectivity index (χ2n) is 4.36. The van der Waals surface area contributed by atoms with Crippen molar-refractivity contribution in [3.05, 3.63) is 29.3 Å². The Morgan fingerprint density at radius 2 is 1.71 bits per heavy atom. The van der Waals surface area contributed by atoms with Gasteiger partial charge in [-0.15, -0.1) is 0 Å². The zero-order valence-electron chi connectivity index (χ0n) is 10.8. The number of nitrogens with two attached hydrogens (primary N) is 1. The fourth-order valence-corrected chi connectivity index (χ4v) is 2.05. The van der Waals surface area contributed by atoms with Gasteiger partial charge in [-0.05, 0) is 6.42 Å². The van der Waals surface area contributed by atoms with Crippen LogP contribution in [0.1, 0.15) is 6.42 Å². The monoisotopic (exact) mass is 328 g/mol. The van der Waals surface area contributed by atoms with Crippen molar-refractivity contribution < 1.29 is 30.8 Å². The van der Waals surface area contributed by atoms with E-state index in [0.29, 0.717) is 0 Å². The molecule has 0 spiro atoms. The molecule has 0 bridgehead atoms. The number of benzene rings is 1. The molecule has 1 rings (SSSR count). The lowest BCUT2D eigenvalue weighted by Crippen LogP contribution is -2.37. The summed E-state index contributed by atoms with van der Waals surface area (Å²) in [6.07, 6.45) is 0.602. The molecule has 0 heterocycles. The maximum absolute atomic E-state index is 13.3. The smallest absolute Gasteiger partial charge is 0.241 e. The lowest BCUT2D eigenvalue weighted by Gasteiger charge is -2.13. The van der Waals surface area contributed by atoms with Crippen LogP contribution >= 0.6 is 0 Å². The Morgan fingerprint density at radius 1 is 1.24 bits per heavy atom. The number of halogens is 4. The fourth-order valence-electron chi connectivity index (χ4n) is 1.37. The van der Waals surface area contributed by atoms with Gasteiger partial charge in [-0.3, -0.25) is 4.79 Å². The first-order chi connectivity index (χ1) is 9.53. The van der Waals surface area contributed by atoms with Crippen molar-refractivity contribution in [1.82, 2.24) is 0 Å². The van der Waals surface area contributed by atoms with E-state index in [1.165, 1.54) is 0 Å². The van der Waals surface area contributed by atoms with Gasteiger partial charge in [0.25, 0.3) is 0 Å². The van der Waals surface area contributed by atoms with Gasteiger partial charge in [0.2, 0.25) is 5.91 Å². The van der Waals surface area contributed by atoms with E-state index in [4.69, 9.17) is 5.73 Å². The number of sulfone groups is 1. The van der Waals surface area contributed by atoms with Crippen molar-refractivity contribution in [3.63, 3.8) is 0 Å². The maximum atomic E-state index is 13.3. The van der Waals surface area contributed by atoms with Crippen LogP contribution in [-0.4, -0.2) is 32.4 Å². The summed E-state index contributed by atoms with van der Waals surface area (Å²) in [5, 5.41) is 1.61. The predicted octanol–water partition coefficient (Wildman–Crippen LogP) is 0.944. The van der Waals surface area contributed by atoms with Gasteiger partial charge in [-0.2, -0.15) is 0 Å². The highest BCUT2D eigenvalue weighted by molar-refractivity contribution is 7.90. The van der Waals surface area contributed by atoms with E-state index >= 15 is 0 Å². The minimum atomic E-state index is -3.38. The summed E-state index contributed by atoms with van der Waals surface area (Å²) in [6.45, 7) is 0. The third-order valence-corrected chi connectivity index (χ3v) is 3.47. The van der Waals surface area contributed by atoms with Crippen LogP contribution in [0.4, 0.5) is 23.2 Å². The molecule has 1 aromatic carbocycles. The molecule has 0 aromatic heterocycles. The molecule has 0 fully saturated rings. The molecule has 5 nitrogen and oxygen atoms in total. The lowest BCUT2D eigenvalue weighted by molar-refractivity contribution is -0.117. The minimum absolute atomic E-state index is 0.0100. The van der Waals surface area contributed by atoms with E-state index in [9.17, 15) is 30.8 Å². The Labute approximate surface area is 118 Å². The van der Waals surface area contributed by atoms with Gasteiger partial charge >= 0.3 is 0 Å². The zero-order valence-corrected chi connectivity index (χ0v) is 11.6. The van der Waals surface area contributed by atoms with E-state index in [1.807, 2.05) is 0 Å². The van der Waals surface area contributed by atoms with E-state index in [1.54, 1.807) is 5.32 Å². The van der Waals surface area contributed by atoms with Gasteiger partial charge in [0.15, 0.2) is 23.3 Å². The number of rotatable bonds is 5. The summed E-state index contributed by atoms with van der Waals surface area (Å²) in [5.41, 5.74) is 4.03. The molecule has 0 aliphatic heterocycles. The van der Waals surface area contributed by atoms with Crippen molar-refractivity contribution in [2.75, 3.05) is 17.3 Å². The largest absolute Gasteiger partial charge is 0.320 e. The Kier molecular flexibility index (Phi) is 5.29. The van der Waals surface area contributed by atoms with Crippen LogP contribution in [0.25, 0.3) is 0 Å². The summed E-state index contributed by atoms with van der Waals surface area (Å²) in [6, 6.07) is -1.42. The van der Waals surface area contributed by atoms with Crippen molar-refractivity contribution >= 4 is 21.4 Å². The quantitative estimate of drug-likeness (QED) is 0.622. The van der Waals surface area contributed by atoms with Crippen LogP contribution in [0.5, 0.6) is 0 Å². The average Bonchev–Trinajstić information content (AvgIpc) is 2.37. The molecule has 1 aromatic rings. The molecule has 0 saturated carbocycles. The second kappa shape index (κ2) is 6.39. The second-order valence-corrected chi connectivity index (χ2v) is 6.62. The van der Waals surface area contributed by atoms with E-state index in [2.05, 4.69) is 0 Å². The third-order valence-electron chi connectivity index (χ3n) is 2.50. The fraction of sp³-hybridized carbons (Fsp3) is 0.364. The summed E-state index contributed by atoms with van der Waals surface area (Å²) in [5.74, 6) is -8.52. The van der Waals surface area contributed by atoms with E-state index < -0.39 is 56.5 Å². The molecule has 21 heavy (non-hydrogen) atoms. The Bertz CT molecular complexity index is 638. The van der Waals surface area contributed by atoms with Gasteiger partial charge in [0, 0.05) is 12.3 Å². The third kappa shape index (κ3) is 4.67. The summed E-state index contributed by atoms with van der Waals surface area (Å²) in [4.78, 5) is 11.5. The standard InChI is InChI=1S/C11H12F4N2O3S/c1-21(19,20)3-2-7(16)11(18)17-10-8(14)5(12)4-6(13)9(10)15/h4,7H,2-3,16H2,1H3,(H,17,18). The van der Waals surface area contributed by atoms with Crippen LogP contribution in [0.3, 0.4) is 0 Å². The van der Waals surface area contributed by atoms with E-state index in [-0.39, 0.29) is 12.5 Å². The molecule has 3 N–H and O–H groups in total. The summed E-state index contributed by atoms with van der Waals surface area (Å²) in [7, 11) is -3.38. The molecular weight excluding hydrogens is 316 g/mol. The van der Waals surface area contributed by atoms with Crippen LogP contribution in [0.15, 0.2) is 6.07 Å². The van der Waals surface area contributed by atoms with Crippen LogP contribution in [-0.2, 0) is 14.6 Å². The highest BCUT2D eigenvalue weighted by atomic mass is 32.2. The average molecular weight is 328 g/mol. The number of hydrogen-bond donors (Lipinski definition) is 2. The van der Waals surface area contributed by atoms with Gasteiger partial charge in [-0.25, -0.2) is 26.0 Å². The van der Waals surface area contributed by atoms with Crippen molar-refractivity contribution in [1.29, 1.82) is 0 Å². The highest BCUT2D eigenvalue weighted by Crippen LogP contribution is 2.24. The Balaban J connectivity index is 2.89. The molecule has 118 valence electrons. The first-order valence-electron chi connectivity index (χ1n) is 5.60. The number of anilines is 1. The first-order valence-corrected chi connectivity index (χ1v) is 7.66. The van der Waals surface area contributed by atoms with Crippen LogP contribution in [0.2, 0.25) is 0 Å². The molecule has 0 radical (unpaired) electrons. The highest BCUT2D eigenvalue weighted by Gasteiger charge is 2.23. The van der Waals surface area contributed by atoms with Crippen LogP contribution < -0.4 is 11.1 Å². The van der Waals surface area contributed by atoms with Gasteiger partial charge in [0.1, 0.15) is 15.5 Å². The molecule has 0 aliphatic carbocycles. The minimum Gasteiger partial charge on any atom is -0.320 e. The number of carbonyl (C=O) groups excluding carboxylic acids is 1. The molecule has 10 heteroatoms. The zero-order chi connectivity index (χ0) is 16.4. The van der Waals surface area contributed by atoms with Crippen molar-refractivity contribution in [3.8, 4) is 0 Å². The number of carbonyl (C=O) groups is 1. The SMILES string of the molecule is CS(=O)(=O)CCC(N)C(=O)Nc1c(F)c(F)cc(F)c1F. The Morgan fingerprint density at radius 3 is 2.14 bits per heavy atom. The van der Waals surface area contributed by atoms with Gasteiger partial charge in [0.05, 0.1) is 11.8 Å². The van der Waals surface area contributed by atoms with Crippen molar-refractivity contribution in [2.24, 2.45) is 5.73 Å². The normalized spacial score (nSPS) is 13.0. The molecule has 1 atom stereocenters. The summed E-state index contributed by atoms with van der Waals surface area (Å²) < 4.78 is 74.3. The molecule has 1 amide bonds. The number of nitrogens with one attached hydrogen (secondary N) is 1. The van der Waals surface area contributed by atoms with E-state index in [0.717, 1.165) is 6.26 Å². The van der Waals surface area contributed by atoms with Crippen molar-refractivity contribution in [2.45, 2.75) is 12.5 Å². The maximum Gasteiger partial charge on any atom is 0.241 e. The number of amides is 1. The molecule has 1 unspecified atom stereocenters. The topological polar surface area (TPSA) is 89.3 Å². The first kappa shape index (κ1) is 17.4. The lowest BCUT2D eigenvalue weighted by atomic mass is 10.2. The molecular formula is C11H12F4N2O3S. The van der Waals surface area contributed by atoms with Gasteiger partial charge in [-0.1, -0.05) is 0 Å². The molecule has 0 saturated heterocycles. The summed E-state index contributed by atoms with van der Waals surface area (Å²) >= 11 is 0. The molecule has 0 aliphatic rings. The number of hydrogen-bond acceptors (Lipinski definition) is 4. The van der Waals surface area contributed by atoms with Crippen LogP contribution in [0, 0.1) is 23.3 Å². The predicted molar refractivity (Wildman–Crippen MR) is 67.2 cm³/mol. The Hall–Kier alpha value is -1.68.